The van der Waals surface area contributed by atoms with Gasteiger partial charge in [-0.1, -0.05) is 33.8 Å². The quantitative estimate of drug-likeness (QED) is 0.881. The molecule has 0 amide bonds. The molecule has 2 rings (SSSR count). The van der Waals surface area contributed by atoms with Crippen molar-refractivity contribution in [3.05, 3.63) is 29.6 Å². The lowest BCUT2D eigenvalue weighted by atomic mass is 9.84. The number of hydrogen-bond acceptors (Lipinski definition) is 2. The molecule has 0 radical (unpaired) electrons. The predicted octanol–water partition coefficient (Wildman–Crippen LogP) is 3.60. The molecule has 0 saturated carbocycles. The summed E-state index contributed by atoms with van der Waals surface area (Å²) in [6.45, 7) is 9.53. The van der Waals surface area contributed by atoms with Crippen LogP contribution < -0.4 is 5.73 Å². The van der Waals surface area contributed by atoms with Crippen LogP contribution in [-0.4, -0.2) is 16.5 Å². The van der Waals surface area contributed by atoms with Crippen LogP contribution in [0.2, 0.25) is 0 Å². The van der Waals surface area contributed by atoms with E-state index < -0.39 is 0 Å². The Bertz CT molecular complexity index is 549. The minimum atomic E-state index is 0.261. The van der Waals surface area contributed by atoms with Gasteiger partial charge in [-0.15, -0.1) is 0 Å². The highest BCUT2D eigenvalue weighted by Gasteiger charge is 2.21. The van der Waals surface area contributed by atoms with Crippen LogP contribution in [0.15, 0.2) is 18.2 Å². The Labute approximate surface area is 115 Å². The topological polar surface area (TPSA) is 54.7 Å². The first-order chi connectivity index (χ1) is 8.93. The van der Waals surface area contributed by atoms with Gasteiger partial charge in [0.05, 0.1) is 11.0 Å². The maximum absolute atomic E-state index is 5.93. The second-order valence-corrected chi connectivity index (χ2v) is 6.52. The summed E-state index contributed by atoms with van der Waals surface area (Å²) in [5.74, 6) is 1.33. The summed E-state index contributed by atoms with van der Waals surface area (Å²) in [5.41, 5.74) is 9.70. The van der Waals surface area contributed by atoms with Gasteiger partial charge in [-0.2, -0.15) is 0 Å². The summed E-state index contributed by atoms with van der Waals surface area (Å²) in [7, 11) is 0. The Balaban J connectivity index is 2.33. The Morgan fingerprint density at radius 2 is 2.05 bits per heavy atom. The number of aromatic amines is 1. The smallest absolute Gasteiger partial charge is 0.111 e. The van der Waals surface area contributed by atoms with Crippen LogP contribution in [0.1, 0.15) is 51.4 Å². The number of benzene rings is 1. The predicted molar refractivity (Wildman–Crippen MR) is 81.3 cm³/mol. The van der Waals surface area contributed by atoms with Gasteiger partial charge in [0, 0.05) is 12.5 Å². The fraction of sp³-hybridized carbons (Fsp3) is 0.562. The van der Waals surface area contributed by atoms with E-state index in [4.69, 9.17) is 10.7 Å². The minimum absolute atomic E-state index is 0.261. The Morgan fingerprint density at radius 3 is 2.63 bits per heavy atom. The van der Waals surface area contributed by atoms with Crippen molar-refractivity contribution in [3.8, 4) is 0 Å². The number of nitrogens with zero attached hydrogens (tertiary/aromatic N) is 1. The number of fused-ring (bicyclic) bond motifs is 1. The van der Waals surface area contributed by atoms with Gasteiger partial charge < -0.3 is 10.7 Å². The normalized spacial score (nSPS) is 13.9. The van der Waals surface area contributed by atoms with Crippen LogP contribution in [0.3, 0.4) is 0 Å². The molecule has 1 aromatic heterocycles. The van der Waals surface area contributed by atoms with Crippen LogP contribution in [0.4, 0.5) is 0 Å². The summed E-state index contributed by atoms with van der Waals surface area (Å²) in [6, 6.07) is 6.43. The van der Waals surface area contributed by atoms with E-state index in [1.807, 2.05) is 0 Å². The zero-order valence-corrected chi connectivity index (χ0v) is 12.5. The minimum Gasteiger partial charge on any atom is -0.342 e. The van der Waals surface area contributed by atoms with Crippen molar-refractivity contribution in [3.63, 3.8) is 0 Å². The van der Waals surface area contributed by atoms with Gasteiger partial charge in [0.15, 0.2) is 0 Å². The molecule has 0 aliphatic carbocycles. The van der Waals surface area contributed by atoms with Crippen LogP contribution >= 0.6 is 0 Å². The fourth-order valence-corrected chi connectivity index (χ4v) is 2.52. The molecule has 0 bridgehead atoms. The second kappa shape index (κ2) is 5.33. The van der Waals surface area contributed by atoms with Crippen molar-refractivity contribution in [1.29, 1.82) is 0 Å². The number of aromatic nitrogens is 2. The molecule has 104 valence electrons. The van der Waals surface area contributed by atoms with Crippen molar-refractivity contribution in [1.82, 2.24) is 9.97 Å². The number of aryl methyl sites for hydroxylation is 1. The van der Waals surface area contributed by atoms with Crippen molar-refractivity contribution in [2.75, 3.05) is 6.54 Å². The lowest BCUT2D eigenvalue weighted by molar-refractivity contribution is 0.337. The van der Waals surface area contributed by atoms with Crippen molar-refractivity contribution in [2.45, 2.75) is 46.5 Å². The van der Waals surface area contributed by atoms with Gasteiger partial charge in [-0.05, 0) is 36.0 Å². The zero-order valence-electron chi connectivity index (χ0n) is 12.5. The van der Waals surface area contributed by atoms with Crippen molar-refractivity contribution >= 4 is 11.0 Å². The van der Waals surface area contributed by atoms with Crippen LogP contribution in [0.5, 0.6) is 0 Å². The molecule has 0 fully saturated rings. The van der Waals surface area contributed by atoms with Crippen LogP contribution in [0, 0.1) is 5.41 Å². The summed E-state index contributed by atoms with van der Waals surface area (Å²) < 4.78 is 0. The summed E-state index contributed by atoms with van der Waals surface area (Å²) in [4.78, 5) is 8.16. The van der Waals surface area contributed by atoms with Gasteiger partial charge in [0.1, 0.15) is 5.82 Å². The Hall–Kier alpha value is -1.35. The first-order valence-electron chi connectivity index (χ1n) is 7.11. The lowest BCUT2D eigenvalue weighted by Crippen LogP contribution is -2.20. The maximum atomic E-state index is 5.93. The number of nitrogens with two attached hydrogens (primary N) is 1. The van der Waals surface area contributed by atoms with Gasteiger partial charge in [0.2, 0.25) is 0 Å². The number of hydrogen-bond donors (Lipinski definition) is 2. The molecule has 1 unspecified atom stereocenters. The molecular weight excluding hydrogens is 234 g/mol. The van der Waals surface area contributed by atoms with Crippen molar-refractivity contribution < 1.29 is 0 Å². The first kappa shape index (κ1) is 14.1. The fourth-order valence-electron chi connectivity index (χ4n) is 2.52. The van der Waals surface area contributed by atoms with Crippen LogP contribution in [0.25, 0.3) is 11.0 Å². The average Bonchev–Trinajstić information content (AvgIpc) is 2.77. The molecule has 0 spiro atoms. The van der Waals surface area contributed by atoms with Gasteiger partial charge in [-0.3, -0.25) is 0 Å². The molecule has 3 heteroatoms. The molecule has 0 saturated heterocycles. The first-order valence-corrected chi connectivity index (χ1v) is 7.11. The molecule has 1 aromatic carbocycles. The Kier molecular flexibility index (Phi) is 3.95. The number of nitrogens with one attached hydrogen (secondary N) is 1. The third-order valence-electron chi connectivity index (χ3n) is 3.50. The van der Waals surface area contributed by atoms with E-state index in [1.54, 1.807) is 0 Å². The van der Waals surface area contributed by atoms with Crippen molar-refractivity contribution in [2.24, 2.45) is 11.1 Å². The number of imidazole rings is 1. The highest BCUT2D eigenvalue weighted by Crippen LogP contribution is 2.30. The molecule has 19 heavy (non-hydrogen) atoms. The summed E-state index contributed by atoms with van der Waals surface area (Å²) in [6.07, 6.45) is 2.09. The van der Waals surface area contributed by atoms with Gasteiger partial charge in [-0.25, -0.2) is 4.98 Å². The lowest BCUT2D eigenvalue weighted by Gasteiger charge is -2.23. The molecule has 2 aromatic rings. The number of H-pyrrole nitrogens is 1. The van der Waals surface area contributed by atoms with E-state index in [1.165, 1.54) is 5.56 Å². The van der Waals surface area contributed by atoms with Gasteiger partial charge >= 0.3 is 0 Å². The average molecular weight is 259 g/mol. The largest absolute Gasteiger partial charge is 0.342 e. The zero-order chi connectivity index (χ0) is 14.0. The molecule has 3 N–H and O–H groups in total. The van der Waals surface area contributed by atoms with Gasteiger partial charge in [0.25, 0.3) is 0 Å². The summed E-state index contributed by atoms with van der Waals surface area (Å²) in [5, 5.41) is 0. The number of rotatable bonds is 4. The highest BCUT2D eigenvalue weighted by molar-refractivity contribution is 5.76. The standard InChI is InChI=1S/C16H25N3/c1-5-11-6-7-13-14(8-11)19-15(18-13)12(10-17)9-16(2,3)4/h6-8,12H,5,9-10,17H2,1-4H3,(H,18,19). The van der Waals surface area contributed by atoms with E-state index in [-0.39, 0.29) is 5.41 Å². The molecule has 3 nitrogen and oxygen atoms in total. The SMILES string of the molecule is CCc1ccc2nc(C(CN)CC(C)(C)C)[nH]c2c1. The Morgan fingerprint density at radius 1 is 1.32 bits per heavy atom. The summed E-state index contributed by atoms with van der Waals surface area (Å²) >= 11 is 0. The molecule has 1 heterocycles. The molecule has 0 aliphatic rings. The maximum Gasteiger partial charge on any atom is 0.111 e. The monoisotopic (exact) mass is 259 g/mol. The molecule has 1 atom stereocenters. The van der Waals surface area contributed by atoms with E-state index in [0.717, 1.165) is 29.7 Å². The van der Waals surface area contributed by atoms with E-state index in [2.05, 4.69) is 50.9 Å². The third-order valence-corrected chi connectivity index (χ3v) is 3.50. The highest BCUT2D eigenvalue weighted by atomic mass is 14.9. The van der Waals surface area contributed by atoms with E-state index in [0.29, 0.717) is 12.5 Å². The third kappa shape index (κ3) is 3.35. The molecular formula is C16H25N3. The van der Waals surface area contributed by atoms with E-state index in [9.17, 15) is 0 Å². The second-order valence-electron chi connectivity index (χ2n) is 6.52. The molecule has 0 aliphatic heterocycles. The van der Waals surface area contributed by atoms with E-state index >= 15 is 0 Å². The van der Waals surface area contributed by atoms with Crippen LogP contribution in [-0.2, 0) is 6.42 Å².